The summed E-state index contributed by atoms with van der Waals surface area (Å²) in [7, 11) is 7.87. The van der Waals surface area contributed by atoms with Gasteiger partial charge in [-0.15, -0.1) is 0 Å². The Kier molecular flexibility index (Phi) is 12.0. The van der Waals surface area contributed by atoms with Crippen LogP contribution in [0.3, 0.4) is 0 Å². The minimum absolute atomic E-state index is 0.0789. The van der Waals surface area contributed by atoms with Crippen LogP contribution in [-0.2, 0) is 20.6 Å². The summed E-state index contributed by atoms with van der Waals surface area (Å²) < 4.78 is 43.7. The molecule has 0 bridgehead atoms. The van der Waals surface area contributed by atoms with Crippen LogP contribution in [0.1, 0.15) is 30.5 Å². The molecule has 0 N–H and O–H groups in total. The van der Waals surface area contributed by atoms with Gasteiger partial charge in [-0.25, -0.2) is 0 Å². The van der Waals surface area contributed by atoms with Crippen molar-refractivity contribution in [2.75, 3.05) is 55.9 Å². The lowest BCUT2D eigenvalue weighted by molar-refractivity contribution is 0.0448. The fourth-order valence-corrected chi connectivity index (χ4v) is 3.20. The number of hydrogen-bond acceptors (Lipinski definition) is 8. The molecule has 0 saturated carbocycles. The lowest BCUT2D eigenvalue weighted by Gasteiger charge is -2.17. The fraction of sp³-hybridized carbons (Fsp3) is 0.407. The van der Waals surface area contributed by atoms with E-state index in [0.717, 1.165) is 16.7 Å². The highest BCUT2D eigenvalue weighted by Crippen LogP contribution is 2.39. The van der Waals surface area contributed by atoms with Gasteiger partial charge in [-0.3, -0.25) is 0 Å². The summed E-state index contributed by atoms with van der Waals surface area (Å²) in [6, 6.07) is 7.62. The zero-order valence-corrected chi connectivity index (χ0v) is 21.6. The van der Waals surface area contributed by atoms with E-state index < -0.39 is 0 Å². The van der Waals surface area contributed by atoms with Gasteiger partial charge in [0.2, 0.25) is 5.75 Å². The van der Waals surface area contributed by atoms with Crippen molar-refractivity contribution in [1.82, 2.24) is 0 Å². The molecule has 0 unspecified atom stereocenters. The maximum Gasteiger partial charge on any atom is 0.206 e. The molecule has 0 atom stereocenters. The number of rotatable bonds is 15. The van der Waals surface area contributed by atoms with Gasteiger partial charge in [0.05, 0.1) is 14.2 Å². The Labute approximate surface area is 207 Å². The van der Waals surface area contributed by atoms with Crippen molar-refractivity contribution in [2.45, 2.75) is 20.3 Å². The first-order valence-electron chi connectivity index (χ1n) is 11.1. The molecule has 0 fully saturated rings. The number of ether oxygens (including phenoxy) is 8. The van der Waals surface area contributed by atoms with Crippen LogP contribution in [0.5, 0.6) is 28.7 Å². The van der Waals surface area contributed by atoms with Crippen molar-refractivity contribution in [3.63, 3.8) is 0 Å². The molecular weight excluding hydrogens is 452 g/mol. The van der Waals surface area contributed by atoms with E-state index in [2.05, 4.69) is 19.9 Å². The molecule has 0 radical (unpaired) electrons. The van der Waals surface area contributed by atoms with Crippen LogP contribution in [-0.4, -0.2) is 55.9 Å². The molecule has 0 saturated heterocycles. The van der Waals surface area contributed by atoms with Gasteiger partial charge in [-0.2, -0.15) is 0 Å². The molecule has 2 rings (SSSR count). The van der Waals surface area contributed by atoms with Crippen molar-refractivity contribution in [3.05, 3.63) is 52.6 Å². The average molecular weight is 489 g/mol. The molecule has 0 spiro atoms. The van der Waals surface area contributed by atoms with Crippen molar-refractivity contribution in [1.29, 1.82) is 0 Å². The number of hydrogen-bond donors (Lipinski definition) is 0. The summed E-state index contributed by atoms with van der Waals surface area (Å²) in [6.07, 6.45) is 6.67. The van der Waals surface area contributed by atoms with Gasteiger partial charge in [0.1, 0.15) is 11.5 Å². The van der Waals surface area contributed by atoms with E-state index in [9.17, 15) is 0 Å². The van der Waals surface area contributed by atoms with Gasteiger partial charge in [-0.1, -0.05) is 23.8 Å². The summed E-state index contributed by atoms with van der Waals surface area (Å²) in [4.78, 5) is 0. The molecule has 2 aromatic carbocycles. The van der Waals surface area contributed by atoms with E-state index in [4.69, 9.17) is 37.9 Å². The van der Waals surface area contributed by atoms with Crippen LogP contribution in [0, 0.1) is 0 Å². The zero-order chi connectivity index (χ0) is 25.6. The Balaban J connectivity index is 2.48. The molecule has 8 heteroatoms. The van der Waals surface area contributed by atoms with Crippen molar-refractivity contribution >= 4 is 12.2 Å². The summed E-state index contributed by atoms with van der Waals surface area (Å²) in [6.45, 7) is 4.43. The Morgan fingerprint density at radius 2 is 1.06 bits per heavy atom. The smallest absolute Gasteiger partial charge is 0.206 e. The minimum Gasteiger partial charge on any atom is -0.493 e. The van der Waals surface area contributed by atoms with Crippen LogP contribution in [0.2, 0.25) is 0 Å². The summed E-state index contributed by atoms with van der Waals surface area (Å²) in [5.74, 6) is 2.90. The largest absolute Gasteiger partial charge is 0.493 e. The second kappa shape index (κ2) is 14.9. The maximum absolute atomic E-state index is 5.88. The normalized spacial score (nSPS) is 10.8. The second-order valence-corrected chi connectivity index (χ2v) is 7.72. The van der Waals surface area contributed by atoms with Crippen LogP contribution in [0.15, 0.2) is 35.9 Å². The molecule has 0 heterocycles. The third-order valence-electron chi connectivity index (χ3n) is 4.84. The summed E-state index contributed by atoms with van der Waals surface area (Å²) >= 11 is 0. The molecule has 192 valence electrons. The van der Waals surface area contributed by atoms with Crippen LogP contribution in [0.4, 0.5) is 0 Å². The van der Waals surface area contributed by atoms with E-state index in [1.165, 1.54) is 5.57 Å². The topological polar surface area (TPSA) is 73.8 Å². The molecular formula is C27H36O8. The first-order valence-corrected chi connectivity index (χ1v) is 11.1. The van der Waals surface area contributed by atoms with Crippen molar-refractivity contribution < 1.29 is 37.9 Å². The van der Waals surface area contributed by atoms with Gasteiger partial charge in [0.15, 0.2) is 31.9 Å². The standard InChI is InChI=1S/C27H36O8/c1-19(2)8-11-22-23(33-16-28-3)12-20(13-24(22)34-17-29-4)9-10-21-14-25(31-6)27(35-18-30-5)26(15-21)32-7/h8-10,12-15H,11,16-18H2,1-7H3. The SMILES string of the molecule is COCOc1cc(C=Cc2cc(OC)c(OCOC)c(OC)c2)cc(OCOC)c1CC=C(C)C. The van der Waals surface area contributed by atoms with Gasteiger partial charge in [0, 0.05) is 26.9 Å². The highest BCUT2D eigenvalue weighted by atomic mass is 16.7. The second-order valence-electron chi connectivity index (χ2n) is 7.72. The zero-order valence-electron chi connectivity index (χ0n) is 21.6. The fourth-order valence-electron chi connectivity index (χ4n) is 3.20. The predicted molar refractivity (Wildman–Crippen MR) is 136 cm³/mol. The van der Waals surface area contributed by atoms with Crippen LogP contribution < -0.4 is 23.7 Å². The Morgan fingerprint density at radius 1 is 0.629 bits per heavy atom. The van der Waals surface area contributed by atoms with Crippen molar-refractivity contribution in [3.8, 4) is 28.7 Å². The summed E-state index contributed by atoms with van der Waals surface area (Å²) in [5, 5.41) is 0. The van der Waals surface area contributed by atoms with Gasteiger partial charge < -0.3 is 37.9 Å². The first kappa shape index (κ1) is 28.0. The number of methoxy groups -OCH3 is 5. The lowest BCUT2D eigenvalue weighted by atomic mass is 10.0. The van der Waals surface area contributed by atoms with E-state index in [1.54, 1.807) is 35.5 Å². The van der Waals surface area contributed by atoms with Crippen LogP contribution in [0.25, 0.3) is 12.2 Å². The Bertz CT molecular complexity index is 939. The van der Waals surface area contributed by atoms with Gasteiger partial charge >= 0.3 is 0 Å². The molecule has 0 aliphatic carbocycles. The van der Waals surface area contributed by atoms with Gasteiger partial charge in [0.25, 0.3) is 0 Å². The maximum atomic E-state index is 5.88. The lowest BCUT2D eigenvalue weighted by Crippen LogP contribution is -2.06. The highest BCUT2D eigenvalue weighted by Gasteiger charge is 2.15. The number of allylic oxidation sites excluding steroid dienone is 2. The van der Waals surface area contributed by atoms with E-state index in [0.29, 0.717) is 35.2 Å². The molecule has 35 heavy (non-hydrogen) atoms. The quantitative estimate of drug-likeness (QED) is 0.189. The summed E-state index contributed by atoms with van der Waals surface area (Å²) in [5.41, 5.74) is 3.85. The molecule has 0 aliphatic rings. The average Bonchev–Trinajstić information content (AvgIpc) is 2.86. The third kappa shape index (κ3) is 8.51. The molecule has 0 amide bonds. The Hall–Kier alpha value is -3.20. The van der Waals surface area contributed by atoms with E-state index in [1.807, 2.05) is 36.4 Å². The monoisotopic (exact) mass is 488 g/mol. The molecule has 8 nitrogen and oxygen atoms in total. The first-order chi connectivity index (χ1) is 17.0. The minimum atomic E-state index is 0.0789. The third-order valence-corrected chi connectivity index (χ3v) is 4.84. The molecule has 0 aliphatic heterocycles. The van der Waals surface area contributed by atoms with Crippen LogP contribution >= 0.6 is 0 Å². The van der Waals surface area contributed by atoms with E-state index >= 15 is 0 Å². The Morgan fingerprint density at radius 3 is 1.46 bits per heavy atom. The number of benzene rings is 2. The van der Waals surface area contributed by atoms with Crippen molar-refractivity contribution in [2.24, 2.45) is 0 Å². The highest BCUT2D eigenvalue weighted by molar-refractivity contribution is 5.74. The predicted octanol–water partition coefficient (Wildman–Crippen LogP) is 5.33. The molecule has 2 aromatic rings. The molecule has 0 aromatic heterocycles. The van der Waals surface area contributed by atoms with Gasteiger partial charge in [-0.05, 0) is 55.7 Å². The van der Waals surface area contributed by atoms with E-state index in [-0.39, 0.29) is 20.4 Å².